The third-order valence-electron chi connectivity index (χ3n) is 4.50. The van der Waals surface area contributed by atoms with E-state index in [0.29, 0.717) is 16.8 Å². The number of rotatable bonds is 4. The summed E-state index contributed by atoms with van der Waals surface area (Å²) in [6, 6.07) is 8.38. The Balaban J connectivity index is 1.70. The minimum atomic E-state index is 0.536. The highest BCUT2D eigenvalue weighted by molar-refractivity contribution is 6.32. The second kappa shape index (κ2) is 6.32. The lowest BCUT2D eigenvalue weighted by atomic mass is 10.2. The number of aromatic nitrogens is 3. The van der Waals surface area contributed by atoms with Gasteiger partial charge >= 0.3 is 0 Å². The molecule has 5 nitrogen and oxygen atoms in total. The highest BCUT2D eigenvalue weighted by atomic mass is 35.5. The predicted molar refractivity (Wildman–Crippen MR) is 95.9 cm³/mol. The maximum Gasteiger partial charge on any atom is 0.142 e. The molecule has 1 aliphatic rings. The van der Waals surface area contributed by atoms with E-state index in [-0.39, 0.29) is 0 Å². The van der Waals surface area contributed by atoms with Crippen molar-refractivity contribution in [2.24, 2.45) is 0 Å². The van der Waals surface area contributed by atoms with Gasteiger partial charge < -0.3 is 10.1 Å². The van der Waals surface area contributed by atoms with Gasteiger partial charge in [-0.3, -0.25) is 4.40 Å². The van der Waals surface area contributed by atoms with Gasteiger partial charge in [0.1, 0.15) is 17.2 Å². The summed E-state index contributed by atoms with van der Waals surface area (Å²) in [6.07, 6.45) is 8.66. The molecule has 0 saturated heterocycles. The maximum absolute atomic E-state index is 6.26. The van der Waals surface area contributed by atoms with E-state index in [1.807, 2.05) is 41.1 Å². The Morgan fingerprint density at radius 3 is 2.92 bits per heavy atom. The molecule has 0 atom stereocenters. The zero-order chi connectivity index (χ0) is 16.5. The van der Waals surface area contributed by atoms with E-state index in [0.717, 1.165) is 22.9 Å². The highest BCUT2D eigenvalue weighted by Gasteiger charge is 2.16. The monoisotopic (exact) mass is 342 g/mol. The van der Waals surface area contributed by atoms with Crippen LogP contribution in [0.5, 0.6) is 5.75 Å². The van der Waals surface area contributed by atoms with Gasteiger partial charge in [0.15, 0.2) is 0 Å². The second-order valence-electron chi connectivity index (χ2n) is 6.10. The number of nitrogens with one attached hydrogen (secondary N) is 1. The fraction of sp³-hybridized carbons (Fsp3) is 0.333. The number of imidazole rings is 1. The number of halogens is 1. The van der Waals surface area contributed by atoms with Crippen molar-refractivity contribution in [1.82, 2.24) is 14.4 Å². The van der Waals surface area contributed by atoms with Crippen LogP contribution in [0.3, 0.4) is 0 Å². The fourth-order valence-corrected chi connectivity index (χ4v) is 3.49. The van der Waals surface area contributed by atoms with Crippen LogP contribution in [0.25, 0.3) is 17.0 Å². The molecule has 3 heterocycles. The Morgan fingerprint density at radius 2 is 2.12 bits per heavy atom. The molecular weight excluding hydrogens is 324 g/mol. The van der Waals surface area contributed by atoms with Crippen molar-refractivity contribution in [3.63, 3.8) is 0 Å². The first kappa shape index (κ1) is 15.3. The van der Waals surface area contributed by atoms with Crippen LogP contribution in [0.2, 0.25) is 5.02 Å². The van der Waals surface area contributed by atoms with Crippen LogP contribution in [-0.2, 0) is 0 Å². The number of ether oxygens (including phenoxy) is 1. The minimum Gasteiger partial charge on any atom is -0.495 e. The molecule has 24 heavy (non-hydrogen) atoms. The molecule has 1 saturated carbocycles. The molecule has 0 aliphatic heterocycles. The Bertz CT molecular complexity index is 871. The van der Waals surface area contributed by atoms with Gasteiger partial charge in [-0.25, -0.2) is 9.97 Å². The van der Waals surface area contributed by atoms with Crippen LogP contribution in [-0.4, -0.2) is 27.5 Å². The quantitative estimate of drug-likeness (QED) is 0.762. The van der Waals surface area contributed by atoms with Crippen molar-refractivity contribution < 1.29 is 4.74 Å². The first-order valence-electron chi connectivity index (χ1n) is 8.19. The summed E-state index contributed by atoms with van der Waals surface area (Å²) in [7, 11) is 1.60. The van der Waals surface area contributed by atoms with Crippen LogP contribution in [0.15, 0.2) is 36.7 Å². The number of pyridine rings is 2. The zero-order valence-corrected chi connectivity index (χ0v) is 14.3. The van der Waals surface area contributed by atoms with Crippen molar-refractivity contribution in [3.05, 3.63) is 41.7 Å². The molecule has 0 amide bonds. The molecule has 0 bridgehead atoms. The summed E-state index contributed by atoms with van der Waals surface area (Å²) in [5, 5.41) is 4.08. The molecule has 3 aromatic heterocycles. The molecule has 3 aromatic rings. The highest BCUT2D eigenvalue weighted by Crippen LogP contribution is 2.29. The van der Waals surface area contributed by atoms with Crippen molar-refractivity contribution in [2.75, 3.05) is 12.4 Å². The lowest BCUT2D eigenvalue weighted by molar-refractivity contribution is 0.415. The molecular formula is C18H19ClN4O. The van der Waals surface area contributed by atoms with Crippen LogP contribution in [0.1, 0.15) is 25.7 Å². The van der Waals surface area contributed by atoms with Gasteiger partial charge in [-0.2, -0.15) is 0 Å². The van der Waals surface area contributed by atoms with Gasteiger partial charge in [-0.05, 0) is 25.0 Å². The molecule has 6 heteroatoms. The van der Waals surface area contributed by atoms with Crippen molar-refractivity contribution >= 4 is 23.1 Å². The maximum atomic E-state index is 6.26. The molecule has 1 N–H and O–H groups in total. The largest absolute Gasteiger partial charge is 0.495 e. The number of hydrogen-bond donors (Lipinski definition) is 1. The molecule has 0 unspecified atom stereocenters. The standard InChI is InChI=1S/C18H19ClN4O/c1-24-16-9-18-20-10-15(23(18)11-13(16)19)14-7-4-8-17(22-14)21-12-5-2-3-6-12/h4,7-12H,2-3,5-6H2,1H3,(H,21,22). The number of anilines is 1. The van der Waals surface area contributed by atoms with Gasteiger partial charge in [-0.1, -0.05) is 30.5 Å². The number of nitrogens with zero attached hydrogens (tertiary/aromatic N) is 3. The third-order valence-corrected chi connectivity index (χ3v) is 4.79. The van der Waals surface area contributed by atoms with E-state index in [9.17, 15) is 0 Å². The summed E-state index contributed by atoms with van der Waals surface area (Å²) in [4.78, 5) is 9.20. The van der Waals surface area contributed by atoms with Gasteiger partial charge in [-0.15, -0.1) is 0 Å². The molecule has 0 aromatic carbocycles. The van der Waals surface area contributed by atoms with Gasteiger partial charge in [0, 0.05) is 18.3 Å². The van der Waals surface area contributed by atoms with Crippen LogP contribution < -0.4 is 10.1 Å². The molecule has 1 aliphatic carbocycles. The second-order valence-corrected chi connectivity index (χ2v) is 6.50. The molecule has 0 spiro atoms. The summed E-state index contributed by atoms with van der Waals surface area (Å²) < 4.78 is 7.19. The first-order valence-corrected chi connectivity index (χ1v) is 8.57. The van der Waals surface area contributed by atoms with Crippen molar-refractivity contribution in [2.45, 2.75) is 31.7 Å². The average molecular weight is 343 g/mol. The summed E-state index contributed by atoms with van der Waals surface area (Å²) in [6.45, 7) is 0. The Kier molecular flexibility index (Phi) is 4.02. The van der Waals surface area contributed by atoms with Crippen molar-refractivity contribution in [3.8, 4) is 17.1 Å². The van der Waals surface area contributed by atoms with Gasteiger partial charge in [0.05, 0.1) is 29.7 Å². The molecule has 1 fully saturated rings. The van der Waals surface area contributed by atoms with E-state index >= 15 is 0 Å². The van der Waals surface area contributed by atoms with E-state index in [2.05, 4.69) is 10.3 Å². The first-order chi connectivity index (χ1) is 11.7. The van der Waals surface area contributed by atoms with Gasteiger partial charge in [0.25, 0.3) is 0 Å². The zero-order valence-electron chi connectivity index (χ0n) is 13.5. The number of methoxy groups -OCH3 is 1. The van der Waals surface area contributed by atoms with E-state index in [4.69, 9.17) is 21.3 Å². The average Bonchev–Trinajstić information content (AvgIpc) is 3.23. The third kappa shape index (κ3) is 2.80. The lowest BCUT2D eigenvalue weighted by Crippen LogP contribution is -2.15. The van der Waals surface area contributed by atoms with Crippen LogP contribution in [0.4, 0.5) is 5.82 Å². The van der Waals surface area contributed by atoms with E-state index in [1.54, 1.807) is 7.11 Å². The topological polar surface area (TPSA) is 51.5 Å². The van der Waals surface area contributed by atoms with Crippen LogP contribution >= 0.6 is 11.6 Å². The van der Waals surface area contributed by atoms with Crippen LogP contribution in [0, 0.1) is 0 Å². The molecule has 0 radical (unpaired) electrons. The SMILES string of the molecule is COc1cc2ncc(-c3cccc(NC4CCCC4)n3)n2cc1Cl. The predicted octanol–water partition coefficient (Wildman–Crippen LogP) is 4.41. The van der Waals surface area contributed by atoms with Crippen molar-refractivity contribution in [1.29, 1.82) is 0 Å². The summed E-state index contributed by atoms with van der Waals surface area (Å²) in [5.41, 5.74) is 2.55. The summed E-state index contributed by atoms with van der Waals surface area (Å²) in [5.74, 6) is 1.53. The molecule has 4 rings (SSSR count). The van der Waals surface area contributed by atoms with E-state index in [1.165, 1.54) is 25.7 Å². The summed E-state index contributed by atoms with van der Waals surface area (Å²) >= 11 is 6.26. The Labute approximate surface area is 145 Å². The van der Waals surface area contributed by atoms with E-state index < -0.39 is 0 Å². The molecule has 124 valence electrons. The number of hydrogen-bond acceptors (Lipinski definition) is 4. The smallest absolute Gasteiger partial charge is 0.142 e. The number of fused-ring (bicyclic) bond motifs is 1. The normalized spacial score (nSPS) is 15.1. The Hall–Kier alpha value is -2.27. The lowest BCUT2D eigenvalue weighted by Gasteiger charge is -2.13. The minimum absolute atomic E-state index is 0.536. The Morgan fingerprint density at radius 1 is 1.29 bits per heavy atom. The fourth-order valence-electron chi connectivity index (χ4n) is 3.26. The van der Waals surface area contributed by atoms with Gasteiger partial charge in [0.2, 0.25) is 0 Å².